The van der Waals surface area contributed by atoms with Crippen LogP contribution in [-0.4, -0.2) is 52.9 Å². The fourth-order valence-corrected chi connectivity index (χ4v) is 1.30. The first-order chi connectivity index (χ1) is 7.56. The van der Waals surface area contributed by atoms with Crippen molar-refractivity contribution in [2.24, 2.45) is 0 Å². The molecule has 0 unspecified atom stereocenters. The molecular weight excluding hydrogens is 212 g/mol. The normalized spacial score (nSPS) is 11.9. The van der Waals surface area contributed by atoms with Gasteiger partial charge in [-0.2, -0.15) is 0 Å². The highest BCUT2D eigenvalue weighted by Crippen LogP contribution is 1.97. The van der Waals surface area contributed by atoms with Crippen LogP contribution in [0.2, 0.25) is 0 Å². The number of carboxylic acid groups (broad SMARTS) is 1. The molecule has 2 amide bonds. The Kier molecular flexibility index (Phi) is 7.28. The molecule has 0 aromatic heterocycles. The van der Waals surface area contributed by atoms with Crippen LogP contribution in [-0.2, 0) is 4.79 Å². The smallest absolute Gasteiger partial charge is 0.326 e. The second kappa shape index (κ2) is 7.92. The molecule has 0 aliphatic heterocycles. The molecule has 0 radical (unpaired) electrons. The Morgan fingerprint density at radius 2 is 2.00 bits per heavy atom. The number of aliphatic hydroxyl groups excluding tert-OH is 1. The van der Waals surface area contributed by atoms with Gasteiger partial charge in [-0.15, -0.1) is 0 Å². The van der Waals surface area contributed by atoms with Gasteiger partial charge in [0.25, 0.3) is 0 Å². The number of carbonyl (C=O) groups is 2. The first-order valence-electron chi connectivity index (χ1n) is 5.45. The van der Waals surface area contributed by atoms with Gasteiger partial charge in [-0.25, -0.2) is 9.59 Å². The van der Waals surface area contributed by atoms with E-state index in [1.165, 1.54) is 4.90 Å². The van der Waals surface area contributed by atoms with Crippen molar-refractivity contribution in [2.45, 2.75) is 32.7 Å². The second-order valence-electron chi connectivity index (χ2n) is 3.43. The predicted molar refractivity (Wildman–Crippen MR) is 59.2 cm³/mol. The van der Waals surface area contributed by atoms with Gasteiger partial charge in [0.1, 0.15) is 6.04 Å². The molecule has 0 bridgehead atoms. The number of rotatable bonds is 7. The first-order valence-corrected chi connectivity index (χ1v) is 5.45. The van der Waals surface area contributed by atoms with Crippen LogP contribution in [0.4, 0.5) is 4.79 Å². The Labute approximate surface area is 95.2 Å². The molecule has 0 heterocycles. The molecular formula is C10H20N2O4. The van der Waals surface area contributed by atoms with Crippen molar-refractivity contribution in [1.82, 2.24) is 10.2 Å². The third-order valence-corrected chi connectivity index (χ3v) is 2.18. The zero-order chi connectivity index (χ0) is 12.6. The van der Waals surface area contributed by atoms with E-state index in [0.29, 0.717) is 13.1 Å². The van der Waals surface area contributed by atoms with Crippen LogP contribution < -0.4 is 5.32 Å². The molecule has 0 aromatic carbocycles. The van der Waals surface area contributed by atoms with Gasteiger partial charge in [-0.1, -0.05) is 6.92 Å². The topological polar surface area (TPSA) is 89.9 Å². The predicted octanol–water partition coefficient (Wildman–Crippen LogP) is 0.263. The Balaban J connectivity index is 4.31. The van der Waals surface area contributed by atoms with Crippen molar-refractivity contribution >= 4 is 12.0 Å². The fourth-order valence-electron chi connectivity index (χ4n) is 1.30. The number of aliphatic hydroxyl groups is 1. The second-order valence-corrected chi connectivity index (χ2v) is 3.43. The molecule has 0 aliphatic carbocycles. The maximum Gasteiger partial charge on any atom is 0.326 e. The van der Waals surface area contributed by atoms with Crippen LogP contribution in [0.3, 0.4) is 0 Å². The van der Waals surface area contributed by atoms with E-state index in [1.807, 2.05) is 13.8 Å². The highest BCUT2D eigenvalue weighted by molar-refractivity contribution is 5.82. The quantitative estimate of drug-likeness (QED) is 0.587. The number of nitrogens with zero attached hydrogens (tertiary/aromatic N) is 1. The first kappa shape index (κ1) is 14.7. The summed E-state index contributed by atoms with van der Waals surface area (Å²) in [6.07, 6.45) is 0.837. The number of aliphatic carboxylic acids is 1. The number of amides is 2. The number of carboxylic acids is 1. The average molecular weight is 232 g/mol. The third kappa shape index (κ3) is 4.97. The number of carbonyl (C=O) groups excluding carboxylic acids is 1. The number of nitrogens with one attached hydrogen (secondary N) is 1. The minimum Gasteiger partial charge on any atom is -0.480 e. The highest BCUT2D eigenvalue weighted by Gasteiger charge is 2.21. The summed E-state index contributed by atoms with van der Waals surface area (Å²) in [6.45, 7) is 4.63. The van der Waals surface area contributed by atoms with Crippen LogP contribution in [0, 0.1) is 0 Å². The summed E-state index contributed by atoms with van der Waals surface area (Å²) in [5, 5.41) is 19.8. The monoisotopic (exact) mass is 232 g/mol. The lowest BCUT2D eigenvalue weighted by atomic mass is 10.2. The maximum absolute atomic E-state index is 11.6. The number of hydrogen-bond acceptors (Lipinski definition) is 3. The van der Waals surface area contributed by atoms with Crippen LogP contribution >= 0.6 is 0 Å². The zero-order valence-corrected chi connectivity index (χ0v) is 9.77. The van der Waals surface area contributed by atoms with Crippen LogP contribution in [0.1, 0.15) is 26.7 Å². The van der Waals surface area contributed by atoms with E-state index in [9.17, 15) is 9.59 Å². The lowest BCUT2D eigenvalue weighted by Crippen LogP contribution is -2.48. The van der Waals surface area contributed by atoms with E-state index in [-0.39, 0.29) is 13.0 Å². The molecule has 0 saturated heterocycles. The Morgan fingerprint density at radius 3 is 2.38 bits per heavy atom. The van der Waals surface area contributed by atoms with E-state index in [1.54, 1.807) is 0 Å². The van der Waals surface area contributed by atoms with Gasteiger partial charge in [0, 0.05) is 26.1 Å². The molecule has 0 saturated carbocycles. The molecule has 16 heavy (non-hydrogen) atoms. The third-order valence-electron chi connectivity index (χ3n) is 2.18. The molecule has 3 N–H and O–H groups in total. The van der Waals surface area contributed by atoms with E-state index in [0.717, 1.165) is 6.42 Å². The summed E-state index contributed by atoms with van der Waals surface area (Å²) in [7, 11) is 0. The Morgan fingerprint density at radius 1 is 1.38 bits per heavy atom. The van der Waals surface area contributed by atoms with Gasteiger partial charge >= 0.3 is 12.0 Å². The van der Waals surface area contributed by atoms with Gasteiger partial charge in [0.2, 0.25) is 0 Å². The van der Waals surface area contributed by atoms with E-state index < -0.39 is 18.0 Å². The maximum atomic E-state index is 11.6. The molecule has 6 heteroatoms. The van der Waals surface area contributed by atoms with Crippen molar-refractivity contribution < 1.29 is 19.8 Å². The standard InChI is InChI=1S/C10H20N2O4/c1-3-6-12(4-2)10(16)11-8(5-7-13)9(14)15/h8,13H,3-7H2,1-2H3,(H,11,16)(H,14,15)/t8-/m1/s1. The minimum atomic E-state index is -1.13. The molecule has 0 aromatic rings. The molecule has 0 rings (SSSR count). The molecule has 0 aliphatic rings. The van der Waals surface area contributed by atoms with Gasteiger partial charge in [0.05, 0.1) is 0 Å². The fraction of sp³-hybridized carbons (Fsp3) is 0.800. The van der Waals surface area contributed by atoms with Crippen molar-refractivity contribution in [3.63, 3.8) is 0 Å². The largest absolute Gasteiger partial charge is 0.480 e. The highest BCUT2D eigenvalue weighted by atomic mass is 16.4. The van der Waals surface area contributed by atoms with Crippen molar-refractivity contribution in [3.8, 4) is 0 Å². The summed E-state index contributed by atoms with van der Waals surface area (Å²) < 4.78 is 0. The molecule has 0 spiro atoms. The Bertz CT molecular complexity index is 233. The Hall–Kier alpha value is -1.30. The van der Waals surface area contributed by atoms with Crippen LogP contribution in [0.5, 0.6) is 0 Å². The van der Waals surface area contributed by atoms with Gasteiger partial charge in [-0.3, -0.25) is 0 Å². The van der Waals surface area contributed by atoms with Gasteiger partial charge < -0.3 is 20.4 Å². The molecule has 1 atom stereocenters. The zero-order valence-electron chi connectivity index (χ0n) is 9.77. The molecule has 6 nitrogen and oxygen atoms in total. The lowest BCUT2D eigenvalue weighted by molar-refractivity contribution is -0.139. The summed E-state index contributed by atoms with van der Waals surface area (Å²) in [5.41, 5.74) is 0. The molecule has 94 valence electrons. The SMILES string of the molecule is CCCN(CC)C(=O)N[C@H](CCO)C(=O)O. The van der Waals surface area contributed by atoms with E-state index >= 15 is 0 Å². The summed E-state index contributed by atoms with van der Waals surface area (Å²) in [5.74, 6) is -1.13. The summed E-state index contributed by atoms with van der Waals surface area (Å²) >= 11 is 0. The average Bonchev–Trinajstić information content (AvgIpc) is 2.24. The van der Waals surface area contributed by atoms with Crippen LogP contribution in [0.25, 0.3) is 0 Å². The summed E-state index contributed by atoms with van der Waals surface area (Å²) in [4.78, 5) is 23.9. The number of hydrogen-bond donors (Lipinski definition) is 3. The lowest BCUT2D eigenvalue weighted by Gasteiger charge is -2.23. The van der Waals surface area contributed by atoms with E-state index in [2.05, 4.69) is 5.32 Å². The van der Waals surface area contributed by atoms with Gasteiger partial charge in [0.15, 0.2) is 0 Å². The van der Waals surface area contributed by atoms with Gasteiger partial charge in [-0.05, 0) is 13.3 Å². The van der Waals surface area contributed by atoms with Crippen molar-refractivity contribution in [1.29, 1.82) is 0 Å². The minimum absolute atomic E-state index is 0.0186. The van der Waals surface area contributed by atoms with Crippen molar-refractivity contribution in [3.05, 3.63) is 0 Å². The number of urea groups is 1. The van der Waals surface area contributed by atoms with Crippen LogP contribution in [0.15, 0.2) is 0 Å². The molecule has 0 fully saturated rings. The summed E-state index contributed by atoms with van der Waals surface area (Å²) in [6, 6.07) is -1.42. The van der Waals surface area contributed by atoms with Crippen molar-refractivity contribution in [2.75, 3.05) is 19.7 Å². The van der Waals surface area contributed by atoms with E-state index in [4.69, 9.17) is 10.2 Å².